The molecule has 0 saturated carbocycles. The number of nitrogens with one attached hydrogen (secondary N) is 1. The first-order valence-electron chi connectivity index (χ1n) is 8.76. The Morgan fingerprint density at radius 3 is 2.59 bits per heavy atom. The van der Waals surface area contributed by atoms with Crippen LogP contribution in [-0.2, 0) is 6.61 Å². The summed E-state index contributed by atoms with van der Waals surface area (Å²) in [4.78, 5) is 13.2. The molecule has 0 aliphatic carbocycles. The predicted molar refractivity (Wildman–Crippen MR) is 107 cm³/mol. The third-order valence-corrected chi connectivity index (χ3v) is 5.31. The summed E-state index contributed by atoms with van der Waals surface area (Å²) in [7, 11) is 0. The van der Waals surface area contributed by atoms with Gasteiger partial charge in [-0.15, -0.1) is 11.3 Å². The van der Waals surface area contributed by atoms with E-state index in [4.69, 9.17) is 4.74 Å². The molecule has 140 valence electrons. The molecule has 1 aromatic heterocycles. The van der Waals surface area contributed by atoms with E-state index in [-0.39, 0.29) is 17.8 Å². The Morgan fingerprint density at radius 2 is 1.89 bits per heavy atom. The van der Waals surface area contributed by atoms with Gasteiger partial charge < -0.3 is 10.1 Å². The van der Waals surface area contributed by atoms with Gasteiger partial charge in [0.1, 0.15) is 18.2 Å². The molecule has 0 saturated heterocycles. The number of thiophene rings is 1. The van der Waals surface area contributed by atoms with E-state index in [1.54, 1.807) is 12.1 Å². The third-order valence-electron chi connectivity index (χ3n) is 4.34. The van der Waals surface area contributed by atoms with Crippen LogP contribution in [0.25, 0.3) is 0 Å². The molecule has 0 aliphatic rings. The third kappa shape index (κ3) is 4.95. The summed E-state index contributed by atoms with van der Waals surface area (Å²) in [5, 5.41) is 4.96. The fourth-order valence-electron chi connectivity index (χ4n) is 2.92. The summed E-state index contributed by atoms with van der Waals surface area (Å²) in [6.07, 6.45) is 0. The number of carbonyl (C=O) groups is 1. The van der Waals surface area contributed by atoms with Crippen LogP contribution in [0.15, 0.2) is 53.9 Å². The molecule has 1 amide bonds. The van der Waals surface area contributed by atoms with Gasteiger partial charge in [-0.3, -0.25) is 4.79 Å². The lowest BCUT2D eigenvalue weighted by Crippen LogP contribution is -2.26. The van der Waals surface area contributed by atoms with Crippen LogP contribution in [0.5, 0.6) is 5.75 Å². The van der Waals surface area contributed by atoms with Gasteiger partial charge in [0.05, 0.1) is 10.9 Å². The zero-order valence-electron chi connectivity index (χ0n) is 15.6. The minimum absolute atomic E-state index is 0.0703. The molecule has 0 aliphatic heterocycles. The van der Waals surface area contributed by atoms with Crippen molar-refractivity contribution < 1.29 is 13.9 Å². The molecule has 0 fully saturated rings. The van der Waals surface area contributed by atoms with Crippen LogP contribution in [0.2, 0.25) is 0 Å². The lowest BCUT2D eigenvalue weighted by molar-refractivity contribution is 0.0944. The zero-order chi connectivity index (χ0) is 19.4. The highest BCUT2D eigenvalue weighted by molar-refractivity contribution is 7.12. The predicted octanol–water partition coefficient (Wildman–Crippen LogP) is 5.57. The van der Waals surface area contributed by atoms with Gasteiger partial charge >= 0.3 is 0 Å². The zero-order valence-corrected chi connectivity index (χ0v) is 16.4. The number of aryl methyl sites for hydroxylation is 2. The lowest BCUT2D eigenvalue weighted by atomic mass is 10.0. The molecule has 0 spiro atoms. The van der Waals surface area contributed by atoms with Gasteiger partial charge in [0.15, 0.2) is 0 Å². The summed E-state index contributed by atoms with van der Waals surface area (Å²) in [5.74, 6) is 0.201. The first-order chi connectivity index (χ1) is 12.9. The van der Waals surface area contributed by atoms with Crippen molar-refractivity contribution in [3.8, 4) is 5.75 Å². The van der Waals surface area contributed by atoms with E-state index in [1.165, 1.54) is 34.6 Å². The van der Waals surface area contributed by atoms with Crippen LogP contribution in [0.4, 0.5) is 4.39 Å². The largest absolute Gasteiger partial charge is 0.489 e. The van der Waals surface area contributed by atoms with E-state index in [1.807, 2.05) is 18.4 Å². The first kappa shape index (κ1) is 19.1. The fraction of sp³-hybridized carbons (Fsp3) is 0.227. The molecule has 2 aromatic carbocycles. The monoisotopic (exact) mass is 383 g/mol. The molecule has 3 rings (SSSR count). The van der Waals surface area contributed by atoms with E-state index < -0.39 is 0 Å². The van der Waals surface area contributed by atoms with Crippen LogP contribution in [0, 0.1) is 19.7 Å². The smallest absolute Gasteiger partial charge is 0.261 e. The van der Waals surface area contributed by atoms with E-state index >= 15 is 0 Å². The number of hydrogen-bond acceptors (Lipinski definition) is 3. The summed E-state index contributed by atoms with van der Waals surface area (Å²) in [5.41, 5.74) is 4.40. The summed E-state index contributed by atoms with van der Waals surface area (Å²) >= 11 is 1.39. The van der Waals surface area contributed by atoms with Crippen molar-refractivity contribution in [2.45, 2.75) is 33.4 Å². The number of amides is 1. The van der Waals surface area contributed by atoms with E-state index in [0.717, 1.165) is 11.1 Å². The molecule has 3 aromatic rings. The average molecular weight is 383 g/mol. The van der Waals surface area contributed by atoms with Crippen LogP contribution in [0.3, 0.4) is 0 Å². The fourth-order valence-corrected chi connectivity index (χ4v) is 3.72. The van der Waals surface area contributed by atoms with E-state index in [9.17, 15) is 9.18 Å². The molecule has 1 N–H and O–H groups in total. The van der Waals surface area contributed by atoms with Crippen molar-refractivity contribution in [2.75, 3.05) is 0 Å². The van der Waals surface area contributed by atoms with Gasteiger partial charge in [0.2, 0.25) is 0 Å². The van der Waals surface area contributed by atoms with Crippen LogP contribution < -0.4 is 10.1 Å². The van der Waals surface area contributed by atoms with Crippen molar-refractivity contribution in [3.63, 3.8) is 0 Å². The molecule has 3 nitrogen and oxygen atoms in total. The number of halogens is 1. The van der Waals surface area contributed by atoms with Crippen molar-refractivity contribution in [1.29, 1.82) is 0 Å². The van der Waals surface area contributed by atoms with Crippen molar-refractivity contribution >= 4 is 17.2 Å². The second kappa shape index (κ2) is 8.35. The maximum atomic E-state index is 12.9. The molecule has 1 unspecified atom stereocenters. The highest BCUT2D eigenvalue weighted by atomic mass is 32.1. The molecule has 0 bridgehead atoms. The number of carbonyl (C=O) groups excluding carboxylic acids is 1. The number of ether oxygens (including phenoxy) is 1. The second-order valence-corrected chi connectivity index (χ2v) is 7.53. The van der Waals surface area contributed by atoms with Gasteiger partial charge in [0.25, 0.3) is 5.91 Å². The molecular formula is C22H22FNO2S. The van der Waals surface area contributed by atoms with Gasteiger partial charge in [-0.1, -0.05) is 23.8 Å². The van der Waals surface area contributed by atoms with Crippen LogP contribution in [-0.4, -0.2) is 5.91 Å². The second-order valence-electron chi connectivity index (χ2n) is 6.62. The summed E-state index contributed by atoms with van der Waals surface area (Å²) < 4.78 is 18.5. The van der Waals surface area contributed by atoms with Crippen LogP contribution in [0.1, 0.15) is 44.9 Å². The molecule has 27 heavy (non-hydrogen) atoms. The molecule has 5 heteroatoms. The maximum Gasteiger partial charge on any atom is 0.261 e. The standard InChI is InChI=1S/C22H22FNO2S/c1-14-4-9-20(15(2)10-14)16(3)24-22(25)21-11-17(13-27-21)12-26-19-7-5-18(23)6-8-19/h4-11,13,16H,12H2,1-3H3,(H,24,25). The van der Waals surface area contributed by atoms with Crippen molar-refractivity contribution in [2.24, 2.45) is 0 Å². The quantitative estimate of drug-likeness (QED) is 0.604. The minimum Gasteiger partial charge on any atom is -0.489 e. The Hall–Kier alpha value is -2.66. The Kier molecular flexibility index (Phi) is 5.91. The first-order valence-corrected chi connectivity index (χ1v) is 9.64. The highest BCUT2D eigenvalue weighted by Gasteiger charge is 2.15. The molecule has 1 heterocycles. The summed E-state index contributed by atoms with van der Waals surface area (Å²) in [6, 6.07) is 13.9. The number of benzene rings is 2. The highest BCUT2D eigenvalue weighted by Crippen LogP contribution is 2.22. The maximum absolute atomic E-state index is 12.9. The van der Waals surface area contributed by atoms with Gasteiger partial charge in [-0.25, -0.2) is 4.39 Å². The number of rotatable bonds is 6. The number of hydrogen-bond donors (Lipinski definition) is 1. The normalized spacial score (nSPS) is 11.9. The van der Waals surface area contributed by atoms with E-state index in [0.29, 0.717) is 17.2 Å². The Bertz CT molecular complexity index is 934. The Labute approximate surface area is 162 Å². The topological polar surface area (TPSA) is 38.3 Å². The van der Waals surface area contributed by atoms with Gasteiger partial charge in [0, 0.05) is 5.56 Å². The summed E-state index contributed by atoms with van der Waals surface area (Å²) in [6.45, 7) is 6.44. The minimum atomic E-state index is -0.297. The lowest BCUT2D eigenvalue weighted by Gasteiger charge is -2.16. The molecular weight excluding hydrogens is 361 g/mol. The average Bonchev–Trinajstić information content (AvgIpc) is 3.10. The van der Waals surface area contributed by atoms with Gasteiger partial charge in [-0.05, 0) is 67.6 Å². The van der Waals surface area contributed by atoms with Crippen molar-refractivity contribution in [1.82, 2.24) is 5.32 Å². The SMILES string of the molecule is Cc1ccc(C(C)NC(=O)c2cc(COc3ccc(F)cc3)cs2)c(C)c1. The Morgan fingerprint density at radius 1 is 1.15 bits per heavy atom. The van der Waals surface area contributed by atoms with Gasteiger partial charge in [-0.2, -0.15) is 0 Å². The molecule has 1 atom stereocenters. The Balaban J connectivity index is 1.60. The molecule has 0 radical (unpaired) electrons. The van der Waals surface area contributed by atoms with E-state index in [2.05, 4.69) is 37.4 Å². The van der Waals surface area contributed by atoms with Crippen LogP contribution >= 0.6 is 11.3 Å². The van der Waals surface area contributed by atoms with Crippen molar-refractivity contribution in [3.05, 3.63) is 86.9 Å².